The Labute approximate surface area is 161 Å². The van der Waals surface area contributed by atoms with E-state index in [2.05, 4.69) is 9.56 Å². The quantitative estimate of drug-likeness (QED) is 0.571. The molecule has 26 heavy (non-hydrogen) atoms. The molecule has 1 heterocycles. The van der Waals surface area contributed by atoms with Crippen molar-refractivity contribution in [2.45, 2.75) is 13.8 Å². The summed E-state index contributed by atoms with van der Waals surface area (Å²) < 4.78 is 2.10. The van der Waals surface area contributed by atoms with Crippen LogP contribution in [0.5, 0.6) is 0 Å². The monoisotopic (exact) mass is 386 g/mol. The number of carbonyl (C=O) groups is 1. The summed E-state index contributed by atoms with van der Waals surface area (Å²) in [4.78, 5) is 15.4. The Hall–Kier alpha value is -2.56. The van der Waals surface area contributed by atoms with Crippen LogP contribution < -0.4 is 0 Å². The fourth-order valence-electron chi connectivity index (χ4n) is 2.83. The zero-order valence-corrected chi connectivity index (χ0v) is 15.7. The van der Waals surface area contributed by atoms with Crippen molar-refractivity contribution in [2.75, 3.05) is 0 Å². The average molecular weight is 387 g/mol. The number of aromatic nitrogens is 1. The number of hydrogen-bond donors (Lipinski definition) is 1. The van der Waals surface area contributed by atoms with Gasteiger partial charge in [-0.2, -0.15) is 0 Å². The summed E-state index contributed by atoms with van der Waals surface area (Å²) in [5.41, 5.74) is 4.69. The molecule has 3 aromatic rings. The van der Waals surface area contributed by atoms with Crippen LogP contribution in [0.15, 0.2) is 53.5 Å². The Bertz CT molecular complexity index is 1020. The van der Waals surface area contributed by atoms with E-state index in [1.165, 1.54) is 12.1 Å². The molecule has 0 saturated heterocycles. The van der Waals surface area contributed by atoms with Gasteiger partial charge in [-0.05, 0) is 56.3 Å². The zero-order chi connectivity index (χ0) is 18.8. The number of carboxylic acids is 1. The second kappa shape index (κ2) is 7.36. The highest BCUT2D eigenvalue weighted by molar-refractivity contribution is 6.33. The van der Waals surface area contributed by atoms with Gasteiger partial charge in [0, 0.05) is 33.9 Å². The molecule has 0 unspecified atom stereocenters. The lowest BCUT2D eigenvalue weighted by atomic mass is 10.2. The van der Waals surface area contributed by atoms with Crippen LogP contribution in [0.2, 0.25) is 10.0 Å². The van der Waals surface area contributed by atoms with Gasteiger partial charge >= 0.3 is 5.97 Å². The van der Waals surface area contributed by atoms with Crippen LogP contribution in [-0.4, -0.2) is 21.9 Å². The molecule has 6 heteroatoms. The van der Waals surface area contributed by atoms with E-state index < -0.39 is 5.97 Å². The molecular formula is C20H16Cl2N2O2. The summed E-state index contributed by atoms with van der Waals surface area (Å²) in [6.07, 6.45) is 1.75. The van der Waals surface area contributed by atoms with Gasteiger partial charge in [0.1, 0.15) is 0 Å². The van der Waals surface area contributed by atoms with Crippen LogP contribution in [0, 0.1) is 13.8 Å². The topological polar surface area (TPSA) is 54.6 Å². The van der Waals surface area contributed by atoms with Gasteiger partial charge in [0.2, 0.25) is 0 Å². The number of benzene rings is 2. The fourth-order valence-corrected chi connectivity index (χ4v) is 3.27. The molecule has 0 spiro atoms. The lowest BCUT2D eigenvalue weighted by Crippen LogP contribution is -1.99. The molecule has 3 rings (SSSR count). The number of halogens is 2. The average Bonchev–Trinajstić information content (AvgIpc) is 2.86. The molecule has 132 valence electrons. The zero-order valence-electron chi connectivity index (χ0n) is 14.2. The predicted octanol–water partition coefficient (Wildman–Crippen LogP) is 5.85. The maximum atomic E-state index is 11.0. The van der Waals surface area contributed by atoms with Gasteiger partial charge in [-0.1, -0.05) is 29.3 Å². The van der Waals surface area contributed by atoms with E-state index in [4.69, 9.17) is 28.3 Å². The second-order valence-electron chi connectivity index (χ2n) is 5.87. The van der Waals surface area contributed by atoms with Gasteiger partial charge in [0.25, 0.3) is 0 Å². The van der Waals surface area contributed by atoms with Crippen LogP contribution >= 0.6 is 23.2 Å². The first kappa shape index (κ1) is 18.2. The maximum Gasteiger partial charge on any atom is 0.337 e. The van der Waals surface area contributed by atoms with Crippen molar-refractivity contribution in [3.8, 4) is 5.69 Å². The van der Waals surface area contributed by atoms with Gasteiger partial charge in [0.15, 0.2) is 0 Å². The SMILES string of the molecule is Cc1cc(C=Nc2ccc(C(=O)O)c(Cl)c2)c(C)n1-c1cccc(Cl)c1. The minimum absolute atomic E-state index is 0.0600. The molecule has 0 aliphatic rings. The standard InChI is InChI=1S/C20H16Cl2N2O2/c1-12-8-14(13(2)24(12)17-5-3-4-15(21)9-17)11-23-16-6-7-18(20(25)26)19(22)10-16/h3-11H,1-2H3,(H,25,26). The molecular weight excluding hydrogens is 371 g/mol. The Morgan fingerprint density at radius 1 is 1.12 bits per heavy atom. The fraction of sp³-hybridized carbons (Fsp3) is 0.100. The van der Waals surface area contributed by atoms with Crippen molar-refractivity contribution < 1.29 is 9.90 Å². The smallest absolute Gasteiger partial charge is 0.337 e. The van der Waals surface area contributed by atoms with Crippen LogP contribution in [0.1, 0.15) is 27.3 Å². The Morgan fingerprint density at radius 2 is 1.88 bits per heavy atom. The van der Waals surface area contributed by atoms with Crippen molar-refractivity contribution in [1.29, 1.82) is 0 Å². The lowest BCUT2D eigenvalue weighted by Gasteiger charge is -2.09. The number of aromatic carboxylic acids is 1. The number of aliphatic imine (C=N–C) groups is 1. The molecule has 0 aliphatic heterocycles. The third kappa shape index (κ3) is 3.66. The first-order valence-corrected chi connectivity index (χ1v) is 8.64. The number of aryl methyl sites for hydroxylation is 1. The molecule has 0 fully saturated rings. The van der Waals surface area contributed by atoms with Gasteiger partial charge in [-0.25, -0.2) is 4.79 Å². The summed E-state index contributed by atoms with van der Waals surface area (Å²) in [5, 5.41) is 9.87. The van der Waals surface area contributed by atoms with E-state index in [0.29, 0.717) is 10.7 Å². The van der Waals surface area contributed by atoms with Crippen molar-refractivity contribution in [1.82, 2.24) is 4.57 Å². The summed E-state index contributed by atoms with van der Waals surface area (Å²) in [6, 6.07) is 14.3. The van der Waals surface area contributed by atoms with Crippen LogP contribution in [-0.2, 0) is 0 Å². The van der Waals surface area contributed by atoms with Crippen molar-refractivity contribution in [3.05, 3.63) is 81.1 Å². The van der Waals surface area contributed by atoms with Gasteiger partial charge in [0.05, 0.1) is 16.3 Å². The van der Waals surface area contributed by atoms with E-state index in [1.54, 1.807) is 12.3 Å². The maximum absolute atomic E-state index is 11.0. The van der Waals surface area contributed by atoms with Crippen LogP contribution in [0.4, 0.5) is 5.69 Å². The Balaban J connectivity index is 1.94. The van der Waals surface area contributed by atoms with Crippen molar-refractivity contribution in [2.24, 2.45) is 4.99 Å². The molecule has 0 bridgehead atoms. The summed E-state index contributed by atoms with van der Waals surface area (Å²) in [5.74, 6) is -1.06. The summed E-state index contributed by atoms with van der Waals surface area (Å²) in [6.45, 7) is 4.03. The molecule has 0 atom stereocenters. The van der Waals surface area contributed by atoms with Crippen molar-refractivity contribution in [3.63, 3.8) is 0 Å². The molecule has 0 aliphatic carbocycles. The van der Waals surface area contributed by atoms with E-state index in [9.17, 15) is 4.79 Å². The van der Waals surface area contributed by atoms with Gasteiger partial charge < -0.3 is 9.67 Å². The second-order valence-corrected chi connectivity index (χ2v) is 6.71. The van der Waals surface area contributed by atoms with E-state index in [-0.39, 0.29) is 10.6 Å². The number of carboxylic acid groups (broad SMARTS) is 1. The van der Waals surface area contributed by atoms with E-state index in [0.717, 1.165) is 22.6 Å². The largest absolute Gasteiger partial charge is 0.478 e. The third-order valence-corrected chi connectivity index (χ3v) is 4.62. The van der Waals surface area contributed by atoms with E-state index in [1.807, 2.05) is 44.2 Å². The molecule has 0 saturated carbocycles. The highest BCUT2D eigenvalue weighted by Gasteiger charge is 2.11. The minimum atomic E-state index is -1.06. The van der Waals surface area contributed by atoms with Gasteiger partial charge in [-0.3, -0.25) is 4.99 Å². The first-order chi connectivity index (χ1) is 12.4. The predicted molar refractivity (Wildman–Crippen MR) is 106 cm³/mol. The van der Waals surface area contributed by atoms with Crippen LogP contribution in [0.3, 0.4) is 0 Å². The highest BCUT2D eigenvalue weighted by atomic mass is 35.5. The first-order valence-electron chi connectivity index (χ1n) is 7.88. The Kier molecular flexibility index (Phi) is 5.16. The summed E-state index contributed by atoms with van der Waals surface area (Å²) in [7, 11) is 0. The summed E-state index contributed by atoms with van der Waals surface area (Å²) >= 11 is 12.1. The number of rotatable bonds is 4. The molecule has 4 nitrogen and oxygen atoms in total. The highest BCUT2D eigenvalue weighted by Crippen LogP contribution is 2.25. The Morgan fingerprint density at radius 3 is 2.54 bits per heavy atom. The third-order valence-electron chi connectivity index (χ3n) is 4.07. The lowest BCUT2D eigenvalue weighted by molar-refractivity contribution is 0.0697. The van der Waals surface area contributed by atoms with Crippen LogP contribution in [0.25, 0.3) is 5.69 Å². The minimum Gasteiger partial charge on any atom is -0.478 e. The van der Waals surface area contributed by atoms with E-state index >= 15 is 0 Å². The molecule has 1 N–H and O–H groups in total. The molecule has 1 aromatic heterocycles. The van der Waals surface area contributed by atoms with Crippen molar-refractivity contribution >= 4 is 41.1 Å². The molecule has 0 radical (unpaired) electrons. The molecule has 2 aromatic carbocycles. The number of hydrogen-bond acceptors (Lipinski definition) is 2. The normalized spacial score (nSPS) is 11.2. The molecule has 0 amide bonds. The number of nitrogens with zero attached hydrogens (tertiary/aromatic N) is 2. The van der Waals surface area contributed by atoms with Gasteiger partial charge in [-0.15, -0.1) is 0 Å².